The smallest absolute Gasteiger partial charge is 0.238 e. The first-order valence-corrected chi connectivity index (χ1v) is 7.43. The monoisotopic (exact) mass is 291 g/mol. The highest BCUT2D eigenvalue weighted by atomic mass is 16.5. The Kier molecular flexibility index (Phi) is 5.07. The van der Waals surface area contributed by atoms with Crippen LogP contribution in [0, 0.1) is 11.8 Å². The summed E-state index contributed by atoms with van der Waals surface area (Å²) in [6, 6.07) is 5.28. The number of nitrogen functional groups attached to an aromatic ring is 1. The first kappa shape index (κ1) is 15.6. The predicted molar refractivity (Wildman–Crippen MR) is 85.4 cm³/mol. The zero-order valence-corrected chi connectivity index (χ0v) is 13.1. The molecular weight excluding hydrogens is 266 g/mol. The Bertz CT molecular complexity index is 494. The Balaban J connectivity index is 1.91. The van der Waals surface area contributed by atoms with Crippen LogP contribution in [0.4, 0.5) is 11.4 Å². The van der Waals surface area contributed by atoms with Crippen molar-refractivity contribution in [2.75, 3.05) is 37.8 Å². The van der Waals surface area contributed by atoms with Crippen molar-refractivity contribution in [3.63, 3.8) is 0 Å². The van der Waals surface area contributed by atoms with E-state index in [-0.39, 0.29) is 5.91 Å². The minimum atomic E-state index is 0.000803. The zero-order chi connectivity index (χ0) is 15.4. The molecule has 0 spiro atoms. The van der Waals surface area contributed by atoms with Gasteiger partial charge in [-0.1, -0.05) is 13.8 Å². The van der Waals surface area contributed by atoms with E-state index in [0.717, 1.165) is 13.1 Å². The van der Waals surface area contributed by atoms with Gasteiger partial charge in [-0.05, 0) is 36.5 Å². The van der Waals surface area contributed by atoms with Crippen molar-refractivity contribution in [2.24, 2.45) is 11.8 Å². The predicted octanol–water partition coefficient (Wildman–Crippen LogP) is 2.19. The van der Waals surface area contributed by atoms with Crippen LogP contribution >= 0.6 is 0 Å². The quantitative estimate of drug-likeness (QED) is 0.835. The number of rotatable bonds is 4. The molecule has 2 atom stereocenters. The number of hydrogen-bond donors (Lipinski definition) is 2. The first-order valence-electron chi connectivity index (χ1n) is 7.43. The summed E-state index contributed by atoms with van der Waals surface area (Å²) in [7, 11) is 1.57. The van der Waals surface area contributed by atoms with Crippen molar-refractivity contribution < 1.29 is 9.53 Å². The molecule has 2 rings (SSSR count). The molecule has 1 heterocycles. The molecule has 1 aromatic carbocycles. The molecule has 1 saturated heterocycles. The highest BCUT2D eigenvalue weighted by Gasteiger charge is 2.23. The third kappa shape index (κ3) is 4.36. The van der Waals surface area contributed by atoms with Gasteiger partial charge in [0.2, 0.25) is 5.91 Å². The lowest BCUT2D eigenvalue weighted by Gasteiger charge is -2.34. The number of ether oxygens (including phenoxy) is 1. The highest BCUT2D eigenvalue weighted by Crippen LogP contribution is 2.25. The summed E-state index contributed by atoms with van der Waals surface area (Å²) >= 11 is 0. The average Bonchev–Trinajstić information content (AvgIpc) is 2.37. The van der Waals surface area contributed by atoms with Crippen molar-refractivity contribution in [2.45, 2.75) is 20.3 Å². The number of hydrogen-bond acceptors (Lipinski definition) is 4. The number of carbonyl (C=O) groups excluding carboxylic acids is 1. The molecule has 5 heteroatoms. The summed E-state index contributed by atoms with van der Waals surface area (Å²) in [4.78, 5) is 14.4. The summed E-state index contributed by atoms with van der Waals surface area (Å²) in [5.41, 5.74) is 7.07. The first-order chi connectivity index (χ1) is 9.97. The summed E-state index contributed by atoms with van der Waals surface area (Å²) in [5, 5.41) is 2.89. The van der Waals surface area contributed by atoms with Crippen LogP contribution in [0.5, 0.6) is 5.75 Å². The zero-order valence-electron chi connectivity index (χ0n) is 13.1. The van der Waals surface area contributed by atoms with Gasteiger partial charge in [0.15, 0.2) is 0 Å². The van der Waals surface area contributed by atoms with E-state index in [1.54, 1.807) is 25.3 Å². The van der Waals surface area contributed by atoms with Crippen LogP contribution in [0.1, 0.15) is 20.3 Å². The molecule has 0 saturated carbocycles. The van der Waals surface area contributed by atoms with Crippen LogP contribution in [0.3, 0.4) is 0 Å². The van der Waals surface area contributed by atoms with Gasteiger partial charge in [-0.25, -0.2) is 0 Å². The van der Waals surface area contributed by atoms with Crippen LogP contribution in [0.2, 0.25) is 0 Å². The Morgan fingerprint density at radius 2 is 2.05 bits per heavy atom. The van der Waals surface area contributed by atoms with Crippen LogP contribution in [-0.2, 0) is 4.79 Å². The minimum absolute atomic E-state index is 0.000803. The molecule has 0 bridgehead atoms. The number of nitrogens with two attached hydrogens (primary N) is 1. The molecule has 1 aromatic rings. The maximum absolute atomic E-state index is 12.1. The van der Waals surface area contributed by atoms with E-state index < -0.39 is 0 Å². The highest BCUT2D eigenvalue weighted by molar-refractivity contribution is 5.92. The van der Waals surface area contributed by atoms with E-state index in [4.69, 9.17) is 10.5 Å². The van der Waals surface area contributed by atoms with Crippen LogP contribution in [0.15, 0.2) is 18.2 Å². The Labute approximate surface area is 126 Å². The second-order valence-corrected chi connectivity index (χ2v) is 6.15. The van der Waals surface area contributed by atoms with Gasteiger partial charge in [0, 0.05) is 18.8 Å². The SMILES string of the molecule is COc1ccc(NC(=O)CN2CC(C)CC(C)C2)cc1N. The fraction of sp³-hybridized carbons (Fsp3) is 0.562. The minimum Gasteiger partial charge on any atom is -0.495 e. The molecule has 21 heavy (non-hydrogen) atoms. The molecule has 116 valence electrons. The fourth-order valence-corrected chi connectivity index (χ4v) is 3.14. The number of carbonyl (C=O) groups is 1. The van der Waals surface area contributed by atoms with Crippen LogP contribution < -0.4 is 15.8 Å². The summed E-state index contributed by atoms with van der Waals surface area (Å²) in [6.07, 6.45) is 1.24. The van der Waals surface area contributed by atoms with Crippen LogP contribution in [-0.4, -0.2) is 37.6 Å². The van der Waals surface area contributed by atoms with E-state index in [2.05, 4.69) is 24.1 Å². The third-order valence-electron chi connectivity index (χ3n) is 3.83. The van der Waals surface area contributed by atoms with Gasteiger partial charge >= 0.3 is 0 Å². The average molecular weight is 291 g/mol. The maximum atomic E-state index is 12.1. The van der Waals surface area contributed by atoms with E-state index in [1.165, 1.54) is 6.42 Å². The topological polar surface area (TPSA) is 67.6 Å². The summed E-state index contributed by atoms with van der Waals surface area (Å²) in [6.45, 7) is 6.89. The third-order valence-corrected chi connectivity index (χ3v) is 3.83. The van der Waals surface area contributed by atoms with Crippen molar-refractivity contribution in [1.29, 1.82) is 0 Å². The summed E-state index contributed by atoms with van der Waals surface area (Å²) < 4.78 is 5.10. The van der Waals surface area contributed by atoms with E-state index in [1.807, 2.05) is 0 Å². The molecule has 1 amide bonds. The molecule has 1 aliphatic rings. The van der Waals surface area contributed by atoms with Crippen molar-refractivity contribution in [3.8, 4) is 5.75 Å². The lowest BCUT2D eigenvalue weighted by atomic mass is 9.92. The number of nitrogens with one attached hydrogen (secondary N) is 1. The molecule has 0 aromatic heterocycles. The van der Waals surface area contributed by atoms with Crippen molar-refractivity contribution in [3.05, 3.63) is 18.2 Å². The number of amides is 1. The molecule has 0 radical (unpaired) electrons. The second-order valence-electron chi connectivity index (χ2n) is 6.15. The molecular formula is C16H25N3O2. The maximum Gasteiger partial charge on any atom is 0.238 e. The van der Waals surface area contributed by atoms with Gasteiger partial charge in [-0.2, -0.15) is 0 Å². The lowest BCUT2D eigenvalue weighted by molar-refractivity contribution is -0.117. The number of anilines is 2. The van der Waals surface area contributed by atoms with Gasteiger partial charge in [-0.15, -0.1) is 0 Å². The van der Waals surface area contributed by atoms with Crippen molar-refractivity contribution in [1.82, 2.24) is 4.90 Å². The number of nitrogens with zero attached hydrogens (tertiary/aromatic N) is 1. The molecule has 2 unspecified atom stereocenters. The fourth-order valence-electron chi connectivity index (χ4n) is 3.14. The number of likely N-dealkylation sites (tertiary alicyclic amines) is 1. The van der Waals surface area contributed by atoms with E-state index >= 15 is 0 Å². The van der Waals surface area contributed by atoms with Crippen LogP contribution in [0.25, 0.3) is 0 Å². The van der Waals surface area contributed by atoms with Crippen molar-refractivity contribution >= 4 is 17.3 Å². The summed E-state index contributed by atoms with van der Waals surface area (Å²) in [5.74, 6) is 1.92. The normalized spacial score (nSPS) is 22.8. The Morgan fingerprint density at radius 3 is 2.62 bits per heavy atom. The molecule has 1 fully saturated rings. The molecule has 3 N–H and O–H groups in total. The van der Waals surface area contributed by atoms with Gasteiger partial charge < -0.3 is 15.8 Å². The van der Waals surface area contributed by atoms with E-state index in [0.29, 0.717) is 35.5 Å². The largest absolute Gasteiger partial charge is 0.495 e. The Hall–Kier alpha value is -1.75. The molecule has 0 aliphatic carbocycles. The number of benzene rings is 1. The van der Waals surface area contributed by atoms with Gasteiger partial charge in [0.25, 0.3) is 0 Å². The van der Waals surface area contributed by atoms with E-state index in [9.17, 15) is 4.79 Å². The van der Waals surface area contributed by atoms with Gasteiger partial charge in [0.05, 0.1) is 19.3 Å². The van der Waals surface area contributed by atoms with Gasteiger partial charge in [-0.3, -0.25) is 9.69 Å². The molecule has 1 aliphatic heterocycles. The standard InChI is InChI=1S/C16H25N3O2/c1-11-6-12(2)9-19(8-11)10-16(20)18-13-4-5-15(21-3)14(17)7-13/h4-5,7,11-12H,6,8-10,17H2,1-3H3,(H,18,20). The second kappa shape index (κ2) is 6.80. The van der Waals surface area contributed by atoms with Gasteiger partial charge in [0.1, 0.15) is 5.75 Å². The lowest BCUT2D eigenvalue weighted by Crippen LogP contribution is -2.42. The number of methoxy groups -OCH3 is 1. The number of piperidine rings is 1. The Morgan fingerprint density at radius 1 is 1.38 bits per heavy atom. The molecule has 5 nitrogen and oxygen atoms in total.